The van der Waals surface area contributed by atoms with E-state index in [-0.39, 0.29) is 11.5 Å². The maximum absolute atomic E-state index is 12.8. The molecule has 0 bridgehead atoms. The van der Waals surface area contributed by atoms with Crippen molar-refractivity contribution in [3.63, 3.8) is 0 Å². The SMILES string of the molecule is Cc1ccc2c(n1)NC(C)(C(F)(F)F)C(=O)N2. The number of anilines is 2. The van der Waals surface area contributed by atoms with Gasteiger partial charge in [0.25, 0.3) is 5.91 Å². The molecule has 0 fully saturated rings. The van der Waals surface area contributed by atoms with E-state index in [1.165, 1.54) is 6.07 Å². The molecule has 1 atom stereocenters. The Bertz CT molecular complexity index is 486. The fourth-order valence-electron chi connectivity index (χ4n) is 1.49. The molecule has 4 nitrogen and oxygen atoms in total. The number of amides is 1. The summed E-state index contributed by atoms with van der Waals surface area (Å²) in [7, 11) is 0. The van der Waals surface area contributed by atoms with Gasteiger partial charge in [-0.25, -0.2) is 4.98 Å². The predicted molar refractivity (Wildman–Crippen MR) is 55.7 cm³/mol. The molecule has 1 aliphatic rings. The van der Waals surface area contributed by atoms with Crippen molar-refractivity contribution >= 4 is 17.4 Å². The van der Waals surface area contributed by atoms with Crippen molar-refractivity contribution < 1.29 is 18.0 Å². The number of carbonyl (C=O) groups excluding carboxylic acids is 1. The summed E-state index contributed by atoms with van der Waals surface area (Å²) in [6, 6.07) is 3.12. The van der Waals surface area contributed by atoms with E-state index in [0.717, 1.165) is 6.92 Å². The van der Waals surface area contributed by atoms with Crippen LogP contribution in [0.4, 0.5) is 24.7 Å². The maximum atomic E-state index is 12.8. The van der Waals surface area contributed by atoms with E-state index in [0.29, 0.717) is 5.69 Å². The first-order valence-electron chi connectivity index (χ1n) is 4.88. The van der Waals surface area contributed by atoms with Gasteiger partial charge in [0.1, 0.15) is 0 Å². The number of pyridine rings is 1. The fourth-order valence-corrected chi connectivity index (χ4v) is 1.49. The Morgan fingerprint density at radius 1 is 1.35 bits per heavy atom. The van der Waals surface area contributed by atoms with Crippen molar-refractivity contribution in [2.24, 2.45) is 0 Å². The second-order valence-corrected chi connectivity index (χ2v) is 4.05. The molecule has 92 valence electrons. The van der Waals surface area contributed by atoms with E-state index in [9.17, 15) is 18.0 Å². The normalized spacial score (nSPS) is 23.7. The molecule has 1 aliphatic heterocycles. The van der Waals surface area contributed by atoms with Crippen LogP contribution in [0.1, 0.15) is 12.6 Å². The number of halogens is 3. The highest BCUT2D eigenvalue weighted by atomic mass is 19.4. The zero-order chi connectivity index (χ0) is 12.8. The molecule has 1 aromatic rings. The Labute approximate surface area is 95.2 Å². The highest BCUT2D eigenvalue weighted by Crippen LogP contribution is 2.38. The van der Waals surface area contributed by atoms with Crippen LogP contribution in [-0.2, 0) is 4.79 Å². The van der Waals surface area contributed by atoms with Gasteiger partial charge >= 0.3 is 6.18 Å². The molecule has 1 amide bonds. The Balaban J connectivity index is 2.48. The van der Waals surface area contributed by atoms with Crippen LogP contribution in [0.2, 0.25) is 0 Å². The molecule has 0 saturated heterocycles. The van der Waals surface area contributed by atoms with E-state index in [4.69, 9.17) is 0 Å². The summed E-state index contributed by atoms with van der Waals surface area (Å²) in [5.74, 6) is -1.10. The average molecular weight is 245 g/mol. The average Bonchev–Trinajstić information content (AvgIpc) is 2.18. The zero-order valence-electron chi connectivity index (χ0n) is 9.14. The third-order valence-electron chi connectivity index (χ3n) is 2.67. The van der Waals surface area contributed by atoms with Crippen molar-refractivity contribution in [3.8, 4) is 0 Å². The monoisotopic (exact) mass is 245 g/mol. The van der Waals surface area contributed by atoms with E-state index in [2.05, 4.69) is 15.6 Å². The first-order chi connectivity index (χ1) is 7.74. The summed E-state index contributed by atoms with van der Waals surface area (Å²) >= 11 is 0. The second-order valence-electron chi connectivity index (χ2n) is 4.05. The van der Waals surface area contributed by atoms with Gasteiger partial charge in [0.15, 0.2) is 5.82 Å². The molecule has 0 saturated carbocycles. The summed E-state index contributed by atoms with van der Waals surface area (Å²) < 4.78 is 38.5. The first-order valence-corrected chi connectivity index (χ1v) is 4.88. The number of fused-ring (bicyclic) bond motifs is 1. The molecule has 2 N–H and O–H groups in total. The van der Waals surface area contributed by atoms with Crippen molar-refractivity contribution in [3.05, 3.63) is 17.8 Å². The largest absolute Gasteiger partial charge is 0.420 e. The van der Waals surface area contributed by atoms with E-state index in [1.807, 2.05) is 0 Å². The number of aromatic nitrogens is 1. The minimum Gasteiger partial charge on any atom is -0.347 e. The lowest BCUT2D eigenvalue weighted by molar-refractivity contribution is -0.179. The van der Waals surface area contributed by atoms with Crippen LogP contribution in [0.15, 0.2) is 12.1 Å². The number of hydrogen-bond donors (Lipinski definition) is 2. The third-order valence-corrected chi connectivity index (χ3v) is 2.67. The van der Waals surface area contributed by atoms with E-state index in [1.54, 1.807) is 13.0 Å². The molecule has 2 rings (SSSR count). The Morgan fingerprint density at radius 2 is 2.00 bits per heavy atom. The highest BCUT2D eigenvalue weighted by molar-refractivity contribution is 6.05. The number of nitrogens with zero attached hydrogens (tertiary/aromatic N) is 1. The van der Waals surface area contributed by atoms with Crippen LogP contribution in [0.3, 0.4) is 0 Å². The molecule has 1 aromatic heterocycles. The second kappa shape index (κ2) is 3.35. The molecular formula is C10H10F3N3O. The van der Waals surface area contributed by atoms with Gasteiger partial charge in [-0.2, -0.15) is 13.2 Å². The lowest BCUT2D eigenvalue weighted by Crippen LogP contribution is -2.60. The molecule has 2 heterocycles. The molecule has 7 heteroatoms. The topological polar surface area (TPSA) is 54.0 Å². The summed E-state index contributed by atoms with van der Waals surface area (Å²) in [4.78, 5) is 15.4. The maximum Gasteiger partial charge on any atom is 0.420 e. The van der Waals surface area contributed by atoms with Gasteiger partial charge in [0.05, 0.1) is 5.69 Å². The highest BCUT2D eigenvalue weighted by Gasteiger charge is 2.59. The quantitative estimate of drug-likeness (QED) is 0.735. The number of carbonyl (C=O) groups is 1. The lowest BCUT2D eigenvalue weighted by atomic mass is 9.98. The number of aryl methyl sites for hydroxylation is 1. The molecule has 0 spiro atoms. The Hall–Kier alpha value is -1.79. The van der Waals surface area contributed by atoms with Crippen LogP contribution in [0.5, 0.6) is 0 Å². The lowest BCUT2D eigenvalue weighted by Gasteiger charge is -2.36. The minimum absolute atomic E-state index is 0.0319. The van der Waals surface area contributed by atoms with Crippen LogP contribution in [0.25, 0.3) is 0 Å². The fraction of sp³-hybridized carbons (Fsp3) is 0.400. The van der Waals surface area contributed by atoms with Crippen LogP contribution in [-0.4, -0.2) is 22.6 Å². The van der Waals surface area contributed by atoms with E-state index < -0.39 is 17.6 Å². The molecule has 0 radical (unpaired) electrons. The van der Waals surface area contributed by atoms with Crippen molar-refractivity contribution in [1.82, 2.24) is 4.98 Å². The molecule has 1 unspecified atom stereocenters. The number of rotatable bonds is 0. The Kier molecular flexibility index (Phi) is 2.30. The third kappa shape index (κ3) is 1.71. The summed E-state index contributed by atoms with van der Waals surface area (Å²) in [6.45, 7) is 2.44. The zero-order valence-corrected chi connectivity index (χ0v) is 9.14. The van der Waals surface area contributed by atoms with Gasteiger partial charge in [-0.05, 0) is 26.0 Å². The smallest absolute Gasteiger partial charge is 0.347 e. The Morgan fingerprint density at radius 3 is 2.59 bits per heavy atom. The first kappa shape index (κ1) is 11.7. The molecular weight excluding hydrogens is 235 g/mol. The number of nitrogens with one attached hydrogen (secondary N) is 2. The van der Waals surface area contributed by atoms with Crippen molar-refractivity contribution in [2.75, 3.05) is 10.6 Å². The van der Waals surface area contributed by atoms with Gasteiger partial charge in [-0.1, -0.05) is 0 Å². The van der Waals surface area contributed by atoms with Gasteiger partial charge in [0, 0.05) is 5.69 Å². The van der Waals surface area contributed by atoms with Crippen LogP contribution in [0, 0.1) is 6.92 Å². The van der Waals surface area contributed by atoms with Crippen molar-refractivity contribution in [1.29, 1.82) is 0 Å². The number of hydrogen-bond acceptors (Lipinski definition) is 3. The van der Waals surface area contributed by atoms with Gasteiger partial charge in [0.2, 0.25) is 5.54 Å². The molecule has 0 aliphatic carbocycles. The summed E-state index contributed by atoms with van der Waals surface area (Å²) in [6.07, 6.45) is -4.69. The van der Waals surface area contributed by atoms with E-state index >= 15 is 0 Å². The summed E-state index contributed by atoms with van der Waals surface area (Å²) in [5, 5.41) is 4.36. The summed E-state index contributed by atoms with van der Waals surface area (Å²) in [5.41, 5.74) is -1.83. The van der Waals surface area contributed by atoms with Crippen LogP contribution < -0.4 is 10.6 Å². The van der Waals surface area contributed by atoms with Crippen molar-refractivity contribution in [2.45, 2.75) is 25.6 Å². The van der Waals surface area contributed by atoms with Gasteiger partial charge < -0.3 is 10.6 Å². The minimum atomic E-state index is -4.69. The molecule has 0 aromatic carbocycles. The van der Waals surface area contributed by atoms with Crippen LogP contribution >= 0.6 is 0 Å². The van der Waals surface area contributed by atoms with Gasteiger partial charge in [-0.15, -0.1) is 0 Å². The number of alkyl halides is 3. The van der Waals surface area contributed by atoms with Gasteiger partial charge in [-0.3, -0.25) is 4.79 Å². The molecule has 17 heavy (non-hydrogen) atoms. The predicted octanol–water partition coefficient (Wildman–Crippen LogP) is 2.08. The standard InChI is InChI=1S/C10H10F3N3O/c1-5-3-4-6-7(14-5)16-9(2,8(17)15-6)10(11,12)13/h3-4H,1-2H3,(H,14,16)(H,15,17).